The molecule has 0 aliphatic carbocycles. The number of methoxy groups -OCH3 is 1. The molecule has 0 aliphatic rings. The van der Waals surface area contributed by atoms with Crippen LogP contribution in [0.15, 0.2) is 60.7 Å². The van der Waals surface area contributed by atoms with Crippen LogP contribution in [0.4, 0.5) is 11.4 Å². The van der Waals surface area contributed by atoms with E-state index in [4.69, 9.17) is 4.74 Å². The average molecular weight is 393 g/mol. The largest absolute Gasteiger partial charge is 0.494 e. The van der Waals surface area contributed by atoms with Crippen molar-refractivity contribution in [2.45, 2.75) is 25.9 Å². The average Bonchev–Trinajstić information content (AvgIpc) is 2.73. The van der Waals surface area contributed by atoms with E-state index in [1.807, 2.05) is 31.2 Å². The number of rotatable bonds is 7. The van der Waals surface area contributed by atoms with Gasteiger partial charge in [0.15, 0.2) is 0 Å². The molecular formula is C22H23N3O4. The van der Waals surface area contributed by atoms with E-state index in [0.29, 0.717) is 5.69 Å². The van der Waals surface area contributed by atoms with Gasteiger partial charge >= 0.3 is 0 Å². The number of carbonyl (C=O) groups excluding carboxylic acids is 1. The molecule has 0 radical (unpaired) electrons. The third-order valence-electron chi connectivity index (χ3n) is 4.84. The van der Waals surface area contributed by atoms with Crippen LogP contribution in [0.1, 0.15) is 25.5 Å². The Morgan fingerprint density at radius 1 is 1.07 bits per heavy atom. The van der Waals surface area contributed by atoms with E-state index in [9.17, 15) is 14.9 Å². The number of nitrogens with zero attached hydrogens (tertiary/aromatic N) is 1. The molecule has 3 aromatic rings. The Kier molecular flexibility index (Phi) is 6.09. The summed E-state index contributed by atoms with van der Waals surface area (Å²) >= 11 is 0. The van der Waals surface area contributed by atoms with E-state index in [0.717, 1.165) is 16.3 Å². The fourth-order valence-corrected chi connectivity index (χ4v) is 3.31. The van der Waals surface area contributed by atoms with Gasteiger partial charge in [-0.2, -0.15) is 0 Å². The minimum absolute atomic E-state index is 0.0550. The van der Waals surface area contributed by atoms with Gasteiger partial charge in [0.25, 0.3) is 5.69 Å². The number of anilines is 1. The molecule has 0 saturated carbocycles. The molecule has 2 N–H and O–H groups in total. The number of fused-ring (bicyclic) bond motifs is 1. The Balaban J connectivity index is 1.73. The van der Waals surface area contributed by atoms with Gasteiger partial charge < -0.3 is 10.1 Å². The molecule has 2 atom stereocenters. The maximum atomic E-state index is 12.7. The molecule has 7 nitrogen and oxygen atoms in total. The Bertz CT molecular complexity index is 1050. The zero-order chi connectivity index (χ0) is 21.0. The second kappa shape index (κ2) is 8.70. The summed E-state index contributed by atoms with van der Waals surface area (Å²) < 4.78 is 5.18. The Labute approximate surface area is 168 Å². The smallest absolute Gasteiger partial charge is 0.273 e. The maximum absolute atomic E-state index is 12.7. The molecule has 0 saturated heterocycles. The van der Waals surface area contributed by atoms with Gasteiger partial charge in [-0.15, -0.1) is 0 Å². The molecule has 3 aromatic carbocycles. The highest BCUT2D eigenvalue weighted by Gasteiger charge is 2.20. The predicted molar refractivity (Wildman–Crippen MR) is 113 cm³/mol. The Morgan fingerprint density at radius 3 is 2.52 bits per heavy atom. The normalized spacial score (nSPS) is 12.9. The second-order valence-electron chi connectivity index (χ2n) is 6.81. The van der Waals surface area contributed by atoms with Gasteiger partial charge in [-0.3, -0.25) is 20.2 Å². The van der Waals surface area contributed by atoms with Crippen molar-refractivity contribution in [3.8, 4) is 5.75 Å². The number of ether oxygens (including phenoxy) is 1. The molecule has 150 valence electrons. The molecular weight excluding hydrogens is 370 g/mol. The van der Waals surface area contributed by atoms with E-state index in [2.05, 4.69) is 28.8 Å². The molecule has 7 heteroatoms. The Hall–Kier alpha value is -3.45. The molecule has 0 fully saturated rings. The van der Waals surface area contributed by atoms with Crippen LogP contribution in [0.3, 0.4) is 0 Å². The van der Waals surface area contributed by atoms with Crippen LogP contribution in [-0.4, -0.2) is 24.0 Å². The fourth-order valence-electron chi connectivity index (χ4n) is 3.31. The van der Waals surface area contributed by atoms with E-state index in [1.54, 1.807) is 6.92 Å². The van der Waals surface area contributed by atoms with E-state index in [-0.39, 0.29) is 23.4 Å². The van der Waals surface area contributed by atoms with Gasteiger partial charge in [-0.05, 0) is 36.2 Å². The highest BCUT2D eigenvalue weighted by atomic mass is 16.6. The number of non-ortho nitro benzene ring substituents is 1. The molecule has 29 heavy (non-hydrogen) atoms. The van der Waals surface area contributed by atoms with Gasteiger partial charge in [0.05, 0.1) is 29.8 Å². The van der Waals surface area contributed by atoms with Gasteiger partial charge in [0, 0.05) is 12.1 Å². The minimum Gasteiger partial charge on any atom is -0.494 e. The van der Waals surface area contributed by atoms with E-state index < -0.39 is 11.0 Å². The van der Waals surface area contributed by atoms with Crippen molar-refractivity contribution < 1.29 is 14.5 Å². The van der Waals surface area contributed by atoms with Crippen molar-refractivity contribution >= 4 is 28.1 Å². The van der Waals surface area contributed by atoms with Gasteiger partial charge in [0.2, 0.25) is 5.91 Å². The van der Waals surface area contributed by atoms with Crippen molar-refractivity contribution in [2.24, 2.45) is 0 Å². The predicted octanol–water partition coefficient (Wildman–Crippen LogP) is 4.43. The number of nitrogens with one attached hydrogen (secondary N) is 2. The fraction of sp³-hybridized carbons (Fsp3) is 0.227. The number of hydrogen-bond donors (Lipinski definition) is 2. The lowest BCUT2D eigenvalue weighted by molar-refractivity contribution is -0.384. The van der Waals surface area contributed by atoms with Crippen LogP contribution < -0.4 is 15.4 Å². The maximum Gasteiger partial charge on any atom is 0.273 e. The second-order valence-corrected chi connectivity index (χ2v) is 6.81. The highest BCUT2D eigenvalue weighted by Crippen LogP contribution is 2.29. The molecule has 0 heterocycles. The Morgan fingerprint density at radius 2 is 1.79 bits per heavy atom. The van der Waals surface area contributed by atoms with Crippen LogP contribution in [0.2, 0.25) is 0 Å². The first-order valence-electron chi connectivity index (χ1n) is 9.27. The molecule has 0 bridgehead atoms. The van der Waals surface area contributed by atoms with Crippen molar-refractivity contribution in [1.82, 2.24) is 5.32 Å². The number of hydrogen-bond acceptors (Lipinski definition) is 5. The van der Waals surface area contributed by atoms with E-state index >= 15 is 0 Å². The monoisotopic (exact) mass is 393 g/mol. The first-order chi connectivity index (χ1) is 13.9. The van der Waals surface area contributed by atoms with Crippen LogP contribution >= 0.6 is 0 Å². The number of benzene rings is 3. The zero-order valence-electron chi connectivity index (χ0n) is 16.5. The topological polar surface area (TPSA) is 93.5 Å². The summed E-state index contributed by atoms with van der Waals surface area (Å²) in [5.74, 6) is -0.0221. The van der Waals surface area contributed by atoms with Crippen LogP contribution in [0.25, 0.3) is 10.8 Å². The summed E-state index contributed by atoms with van der Waals surface area (Å²) in [5.41, 5.74) is 1.39. The SMILES string of the molecule is COc1cc([N+](=O)[O-])ccc1NC(=O)[C@@H](C)N[C@@H](C)c1cccc2ccccc12. The first kappa shape index (κ1) is 20.3. The highest BCUT2D eigenvalue weighted by molar-refractivity contribution is 5.96. The first-order valence-corrected chi connectivity index (χ1v) is 9.27. The minimum atomic E-state index is -0.510. The molecule has 0 aromatic heterocycles. The summed E-state index contributed by atoms with van der Waals surface area (Å²) in [5, 5.41) is 19.3. The van der Waals surface area contributed by atoms with Crippen molar-refractivity contribution in [2.75, 3.05) is 12.4 Å². The van der Waals surface area contributed by atoms with Gasteiger partial charge in [-0.25, -0.2) is 0 Å². The molecule has 0 spiro atoms. The zero-order valence-corrected chi connectivity index (χ0v) is 16.5. The summed E-state index contributed by atoms with van der Waals surface area (Å²) in [4.78, 5) is 23.1. The third-order valence-corrected chi connectivity index (χ3v) is 4.84. The number of nitro benzene ring substituents is 1. The van der Waals surface area contributed by atoms with Crippen LogP contribution in [0, 0.1) is 10.1 Å². The molecule has 3 rings (SSSR count). The van der Waals surface area contributed by atoms with Crippen molar-refractivity contribution in [3.05, 3.63) is 76.3 Å². The van der Waals surface area contributed by atoms with Crippen molar-refractivity contribution in [1.29, 1.82) is 0 Å². The lowest BCUT2D eigenvalue weighted by Gasteiger charge is -2.21. The molecule has 1 amide bonds. The van der Waals surface area contributed by atoms with Crippen LogP contribution in [0.5, 0.6) is 5.75 Å². The summed E-state index contributed by atoms with van der Waals surface area (Å²) in [6.45, 7) is 3.78. The summed E-state index contributed by atoms with van der Waals surface area (Å²) in [7, 11) is 1.40. The van der Waals surface area contributed by atoms with E-state index in [1.165, 1.54) is 25.3 Å². The number of nitro groups is 1. The number of carbonyl (C=O) groups is 1. The van der Waals surface area contributed by atoms with Gasteiger partial charge in [0.1, 0.15) is 5.75 Å². The quantitative estimate of drug-likeness (QED) is 0.457. The lowest BCUT2D eigenvalue weighted by atomic mass is 9.99. The molecule has 0 aliphatic heterocycles. The summed E-state index contributed by atoms with van der Waals surface area (Å²) in [6.07, 6.45) is 0. The summed E-state index contributed by atoms with van der Waals surface area (Å²) in [6, 6.07) is 17.8. The number of amides is 1. The van der Waals surface area contributed by atoms with Crippen molar-refractivity contribution in [3.63, 3.8) is 0 Å². The lowest BCUT2D eigenvalue weighted by Crippen LogP contribution is -2.39. The standard InChI is InChI=1S/C22H23N3O4/c1-14(18-10-6-8-16-7-4-5-9-19(16)18)23-15(2)22(26)24-20-12-11-17(25(27)28)13-21(20)29-3/h4-15,23H,1-3H3,(H,24,26)/t14-,15+/m0/s1. The van der Waals surface area contributed by atoms with Crippen LogP contribution in [-0.2, 0) is 4.79 Å². The molecule has 0 unspecified atom stereocenters. The van der Waals surface area contributed by atoms with Gasteiger partial charge in [-0.1, -0.05) is 42.5 Å². The third kappa shape index (κ3) is 4.52.